The van der Waals surface area contributed by atoms with Crippen LogP contribution >= 0.6 is 0 Å². The topological polar surface area (TPSA) is 54.9 Å². The van der Waals surface area contributed by atoms with Crippen LogP contribution in [-0.4, -0.2) is 53.7 Å². The maximum absolute atomic E-state index is 13.8. The molecule has 2 aromatic carbocycles. The van der Waals surface area contributed by atoms with Gasteiger partial charge < -0.3 is 19.3 Å². The smallest absolute Gasteiger partial charge is 0.254 e. The summed E-state index contributed by atoms with van der Waals surface area (Å²) in [4.78, 5) is 23.1. The van der Waals surface area contributed by atoms with E-state index in [4.69, 9.17) is 14.5 Å². The van der Waals surface area contributed by atoms with E-state index in [9.17, 15) is 4.79 Å². The fourth-order valence-corrected chi connectivity index (χ4v) is 5.15. The van der Waals surface area contributed by atoms with Crippen LogP contribution in [0.3, 0.4) is 0 Å². The molecule has 0 fully saturated rings. The van der Waals surface area contributed by atoms with Crippen molar-refractivity contribution in [2.75, 3.05) is 33.0 Å². The minimum Gasteiger partial charge on any atom is -0.454 e. The van der Waals surface area contributed by atoms with Crippen molar-refractivity contribution in [2.45, 2.75) is 78.7 Å². The Kier molecular flexibility index (Phi) is 12.1. The summed E-state index contributed by atoms with van der Waals surface area (Å²) in [5, 5.41) is 0. The van der Waals surface area contributed by atoms with Crippen LogP contribution < -0.4 is 9.47 Å². The van der Waals surface area contributed by atoms with E-state index in [2.05, 4.69) is 43.9 Å². The largest absolute Gasteiger partial charge is 0.454 e. The third-order valence-electron chi connectivity index (χ3n) is 7.77. The van der Waals surface area contributed by atoms with E-state index in [1.807, 2.05) is 47.5 Å². The summed E-state index contributed by atoms with van der Waals surface area (Å²) < 4.78 is 11.0. The second-order valence-electron chi connectivity index (χ2n) is 11.0. The van der Waals surface area contributed by atoms with Crippen LogP contribution in [0.1, 0.15) is 87.2 Å². The Labute approximate surface area is 246 Å². The van der Waals surface area contributed by atoms with Gasteiger partial charge in [0.15, 0.2) is 11.5 Å². The monoisotopic (exact) mass is 557 g/mol. The van der Waals surface area contributed by atoms with Crippen molar-refractivity contribution in [1.82, 2.24) is 14.8 Å². The fraction of sp³-hybridized carbons (Fsp3) is 0.486. The standard InChI is InChI=1S/C35H47N3O3/c1-4-7-10-11-28-12-15-30(16-13-28)35(39)38(23-22-37(20-8-5-2)21-9-6-3)26-29-14-18-32(36-25-29)31-17-19-33-34(24-31)41-27-40-33/h12-19,24-25H,4-11,20-23,26-27H2,1-3H3. The number of unbranched alkanes of at least 4 members (excludes halogenated alkanes) is 4. The Balaban J connectivity index is 1.48. The van der Waals surface area contributed by atoms with Crippen molar-refractivity contribution in [3.8, 4) is 22.8 Å². The number of hydrogen-bond acceptors (Lipinski definition) is 5. The Morgan fingerprint density at radius 3 is 2.15 bits per heavy atom. The first-order valence-electron chi connectivity index (χ1n) is 15.6. The van der Waals surface area contributed by atoms with Gasteiger partial charge in [-0.1, -0.05) is 64.7 Å². The lowest BCUT2D eigenvalue weighted by Gasteiger charge is -2.28. The van der Waals surface area contributed by atoms with Gasteiger partial charge >= 0.3 is 0 Å². The van der Waals surface area contributed by atoms with E-state index in [1.54, 1.807) is 0 Å². The zero-order chi connectivity index (χ0) is 28.9. The van der Waals surface area contributed by atoms with Crippen molar-refractivity contribution < 1.29 is 14.3 Å². The number of carbonyl (C=O) groups excluding carboxylic acids is 1. The summed E-state index contributed by atoms with van der Waals surface area (Å²) in [7, 11) is 0. The lowest BCUT2D eigenvalue weighted by atomic mass is 10.0. The van der Waals surface area contributed by atoms with E-state index >= 15 is 0 Å². The summed E-state index contributed by atoms with van der Waals surface area (Å²) in [6.07, 6.45) is 11.3. The summed E-state index contributed by atoms with van der Waals surface area (Å²) in [5.74, 6) is 1.59. The highest BCUT2D eigenvalue weighted by Gasteiger charge is 2.19. The van der Waals surface area contributed by atoms with Crippen molar-refractivity contribution in [3.63, 3.8) is 0 Å². The van der Waals surface area contributed by atoms with Gasteiger partial charge in [0.25, 0.3) is 5.91 Å². The van der Waals surface area contributed by atoms with Gasteiger partial charge in [0.1, 0.15) is 0 Å². The molecule has 1 aliphatic heterocycles. The predicted octanol–water partition coefficient (Wildman–Crippen LogP) is 7.75. The summed E-state index contributed by atoms with van der Waals surface area (Å²) in [6, 6.07) is 18.2. The van der Waals surface area contributed by atoms with Crippen LogP contribution in [-0.2, 0) is 13.0 Å². The first kappa shape index (κ1) is 30.6. The van der Waals surface area contributed by atoms with Crippen LogP contribution in [0.15, 0.2) is 60.8 Å². The van der Waals surface area contributed by atoms with Crippen LogP contribution in [0, 0.1) is 0 Å². The number of ether oxygens (including phenoxy) is 2. The van der Waals surface area contributed by atoms with E-state index in [0.29, 0.717) is 13.1 Å². The fourth-order valence-electron chi connectivity index (χ4n) is 5.15. The Morgan fingerprint density at radius 2 is 1.46 bits per heavy atom. The molecule has 0 saturated carbocycles. The maximum atomic E-state index is 13.8. The summed E-state index contributed by atoms with van der Waals surface area (Å²) in [6.45, 7) is 11.2. The number of pyridine rings is 1. The van der Waals surface area contributed by atoms with E-state index in [1.165, 1.54) is 50.5 Å². The maximum Gasteiger partial charge on any atom is 0.254 e. The van der Waals surface area contributed by atoms with Crippen LogP contribution in [0.2, 0.25) is 0 Å². The van der Waals surface area contributed by atoms with Gasteiger partial charge in [-0.25, -0.2) is 0 Å². The van der Waals surface area contributed by atoms with Gasteiger partial charge in [-0.3, -0.25) is 9.78 Å². The number of carbonyl (C=O) groups is 1. The number of amides is 1. The van der Waals surface area contributed by atoms with Crippen molar-refractivity contribution in [2.24, 2.45) is 0 Å². The quantitative estimate of drug-likeness (QED) is 0.159. The first-order chi connectivity index (χ1) is 20.1. The molecule has 1 aromatic heterocycles. The third kappa shape index (κ3) is 9.06. The first-order valence-corrected chi connectivity index (χ1v) is 15.6. The number of nitrogens with zero attached hydrogens (tertiary/aromatic N) is 3. The molecule has 6 heteroatoms. The lowest BCUT2D eigenvalue weighted by Crippen LogP contribution is -2.39. The number of aromatic nitrogens is 1. The van der Waals surface area contributed by atoms with Gasteiger partial charge in [-0.15, -0.1) is 0 Å². The normalized spacial score (nSPS) is 12.2. The Bertz CT molecular complexity index is 1200. The van der Waals surface area contributed by atoms with Gasteiger partial charge in [-0.2, -0.15) is 0 Å². The summed E-state index contributed by atoms with van der Waals surface area (Å²) in [5.41, 5.74) is 4.93. The summed E-state index contributed by atoms with van der Waals surface area (Å²) >= 11 is 0. The molecule has 0 atom stereocenters. The predicted molar refractivity (Wildman–Crippen MR) is 166 cm³/mol. The van der Waals surface area contributed by atoms with Crippen molar-refractivity contribution in [1.29, 1.82) is 0 Å². The van der Waals surface area contributed by atoms with Crippen LogP contribution in [0.25, 0.3) is 11.3 Å². The number of hydrogen-bond donors (Lipinski definition) is 0. The van der Waals surface area contributed by atoms with Gasteiger partial charge in [-0.05, 0) is 86.3 Å². The molecule has 1 amide bonds. The SMILES string of the molecule is CCCCCc1ccc(C(=O)N(CCN(CCCC)CCCC)Cc2ccc(-c3ccc4c(c3)OCO4)nc2)cc1. The third-order valence-corrected chi connectivity index (χ3v) is 7.77. The number of fused-ring (bicyclic) bond motifs is 1. The lowest BCUT2D eigenvalue weighted by molar-refractivity contribution is 0.0720. The number of benzene rings is 2. The minimum atomic E-state index is 0.0795. The Morgan fingerprint density at radius 1 is 0.756 bits per heavy atom. The van der Waals surface area contributed by atoms with Gasteiger partial charge in [0, 0.05) is 37.0 Å². The Hall–Kier alpha value is -3.38. The second kappa shape index (κ2) is 16.2. The number of rotatable bonds is 17. The van der Waals surface area contributed by atoms with Crippen LogP contribution in [0.5, 0.6) is 11.5 Å². The molecule has 0 radical (unpaired) electrons. The second-order valence-corrected chi connectivity index (χ2v) is 11.0. The molecule has 2 heterocycles. The zero-order valence-electron chi connectivity index (χ0n) is 25.2. The zero-order valence-corrected chi connectivity index (χ0v) is 25.2. The molecule has 0 aliphatic carbocycles. The highest BCUT2D eigenvalue weighted by atomic mass is 16.7. The molecule has 1 aliphatic rings. The average Bonchev–Trinajstić information content (AvgIpc) is 3.49. The molecule has 0 N–H and O–H groups in total. The highest BCUT2D eigenvalue weighted by Crippen LogP contribution is 2.35. The molecular weight excluding hydrogens is 510 g/mol. The molecule has 0 saturated heterocycles. The molecular formula is C35H47N3O3. The average molecular weight is 558 g/mol. The molecule has 4 rings (SSSR count). The van der Waals surface area contributed by atoms with Gasteiger partial charge in [0.05, 0.1) is 5.69 Å². The molecule has 0 bridgehead atoms. The molecule has 220 valence electrons. The molecule has 6 nitrogen and oxygen atoms in total. The number of aryl methyl sites for hydroxylation is 1. The van der Waals surface area contributed by atoms with Gasteiger partial charge in [0.2, 0.25) is 6.79 Å². The molecule has 41 heavy (non-hydrogen) atoms. The van der Waals surface area contributed by atoms with Crippen LogP contribution in [0.4, 0.5) is 0 Å². The molecule has 0 spiro atoms. The highest BCUT2D eigenvalue weighted by molar-refractivity contribution is 5.94. The molecule has 0 unspecified atom stereocenters. The minimum absolute atomic E-state index is 0.0795. The van der Waals surface area contributed by atoms with E-state index in [0.717, 1.165) is 59.9 Å². The van der Waals surface area contributed by atoms with Crippen molar-refractivity contribution >= 4 is 5.91 Å². The molecule has 3 aromatic rings. The van der Waals surface area contributed by atoms with E-state index in [-0.39, 0.29) is 12.7 Å². The van der Waals surface area contributed by atoms with E-state index < -0.39 is 0 Å². The van der Waals surface area contributed by atoms with Crippen molar-refractivity contribution in [3.05, 3.63) is 77.5 Å².